The van der Waals surface area contributed by atoms with Gasteiger partial charge in [-0.05, 0) is 24.0 Å². The fourth-order valence-electron chi connectivity index (χ4n) is 2.38. The molecule has 0 aliphatic carbocycles. The van der Waals surface area contributed by atoms with Crippen molar-refractivity contribution in [3.05, 3.63) is 40.8 Å². The average Bonchev–Trinajstić information content (AvgIpc) is 2.81. The first-order chi connectivity index (χ1) is 11.5. The number of esters is 1. The van der Waals surface area contributed by atoms with E-state index in [2.05, 4.69) is 0 Å². The predicted molar refractivity (Wildman–Crippen MR) is 101 cm³/mol. The third kappa shape index (κ3) is 4.24. The summed E-state index contributed by atoms with van der Waals surface area (Å²) >= 11 is 6.58. The van der Waals surface area contributed by atoms with Gasteiger partial charge in [-0.15, -0.1) is 0 Å². The molecule has 1 fully saturated rings. The topological polar surface area (TPSA) is 46.6 Å². The highest BCUT2D eigenvalue weighted by Crippen LogP contribution is 2.35. The summed E-state index contributed by atoms with van der Waals surface area (Å²) in [6.07, 6.45) is 2.54. The van der Waals surface area contributed by atoms with Crippen molar-refractivity contribution < 1.29 is 14.3 Å². The lowest BCUT2D eigenvalue weighted by Gasteiger charge is -2.28. The van der Waals surface area contributed by atoms with E-state index in [0.717, 1.165) is 12.0 Å². The lowest BCUT2D eigenvalue weighted by Crippen LogP contribution is -2.47. The first-order valence-electron chi connectivity index (χ1n) is 7.94. The first kappa shape index (κ1) is 18.7. The standard InChI is InChI=1S/C18H21NO3S2/c1-4-10-22-17(21)15(12(2)3)19-16(20)14(24-18(19)23)11-13-8-6-5-7-9-13/h5-9,11-12,15H,4,10H2,1-3H3/b14-11+. The first-order valence-corrected chi connectivity index (χ1v) is 9.17. The lowest BCUT2D eigenvalue weighted by molar-refractivity contribution is -0.152. The van der Waals surface area contributed by atoms with Gasteiger partial charge in [0.05, 0.1) is 11.5 Å². The minimum Gasteiger partial charge on any atom is -0.464 e. The Morgan fingerprint density at radius 1 is 1.33 bits per heavy atom. The molecule has 4 nitrogen and oxygen atoms in total. The number of hydrogen-bond donors (Lipinski definition) is 0. The maximum Gasteiger partial charge on any atom is 0.329 e. The molecule has 128 valence electrons. The van der Waals surface area contributed by atoms with Crippen molar-refractivity contribution in [3.8, 4) is 0 Å². The zero-order chi connectivity index (χ0) is 17.7. The van der Waals surface area contributed by atoms with Crippen LogP contribution in [0.25, 0.3) is 6.08 Å². The summed E-state index contributed by atoms with van der Waals surface area (Å²) in [5.41, 5.74) is 0.924. The molecular weight excluding hydrogens is 342 g/mol. The number of carbonyl (C=O) groups is 2. The third-order valence-corrected chi connectivity index (χ3v) is 4.85. The summed E-state index contributed by atoms with van der Waals surface area (Å²) in [6.45, 7) is 6.05. The molecule has 0 radical (unpaired) electrons. The molecule has 24 heavy (non-hydrogen) atoms. The number of rotatable bonds is 6. The SMILES string of the molecule is CCCOC(=O)C(C(C)C)N1C(=O)/C(=C\c2ccccc2)SC1=S. The molecule has 1 aliphatic heterocycles. The van der Waals surface area contributed by atoms with Gasteiger partial charge in [0.2, 0.25) is 0 Å². The van der Waals surface area contributed by atoms with E-state index in [1.54, 1.807) is 6.08 Å². The van der Waals surface area contributed by atoms with E-state index in [0.29, 0.717) is 15.8 Å². The van der Waals surface area contributed by atoms with Crippen molar-refractivity contribution >= 4 is 46.3 Å². The van der Waals surface area contributed by atoms with Gasteiger partial charge in [0, 0.05) is 0 Å². The highest BCUT2D eigenvalue weighted by molar-refractivity contribution is 8.26. The average molecular weight is 364 g/mol. The molecule has 0 aromatic heterocycles. The van der Waals surface area contributed by atoms with Crippen LogP contribution in [0.4, 0.5) is 0 Å². The summed E-state index contributed by atoms with van der Waals surface area (Å²) in [6, 6.07) is 8.88. The fraction of sp³-hybridized carbons (Fsp3) is 0.389. The Morgan fingerprint density at radius 2 is 2.00 bits per heavy atom. The van der Waals surface area contributed by atoms with Gasteiger partial charge >= 0.3 is 5.97 Å². The summed E-state index contributed by atoms with van der Waals surface area (Å²) in [4.78, 5) is 27.1. The molecular formula is C18H21NO3S2. The maximum atomic E-state index is 12.8. The van der Waals surface area contributed by atoms with Crippen LogP contribution in [0.5, 0.6) is 0 Å². The number of hydrogen-bond acceptors (Lipinski definition) is 5. The maximum absolute atomic E-state index is 12.8. The number of carbonyl (C=O) groups excluding carboxylic acids is 2. The van der Waals surface area contributed by atoms with Crippen LogP contribution in [0, 0.1) is 5.92 Å². The van der Waals surface area contributed by atoms with Crippen LogP contribution in [0.15, 0.2) is 35.2 Å². The van der Waals surface area contributed by atoms with Gasteiger partial charge in [-0.2, -0.15) is 0 Å². The summed E-state index contributed by atoms with van der Waals surface area (Å²) < 4.78 is 5.65. The van der Waals surface area contributed by atoms with Gasteiger partial charge in [-0.1, -0.05) is 75.1 Å². The van der Waals surface area contributed by atoms with Crippen molar-refractivity contribution in [3.63, 3.8) is 0 Å². The van der Waals surface area contributed by atoms with Crippen LogP contribution in [0.2, 0.25) is 0 Å². The quantitative estimate of drug-likeness (QED) is 0.436. The van der Waals surface area contributed by atoms with Crippen LogP contribution in [-0.2, 0) is 14.3 Å². The number of benzene rings is 1. The summed E-state index contributed by atoms with van der Waals surface area (Å²) in [5.74, 6) is -0.724. The van der Waals surface area contributed by atoms with Crippen LogP contribution in [0.3, 0.4) is 0 Å². The number of amides is 1. The second-order valence-corrected chi connectivity index (χ2v) is 7.49. The molecule has 0 saturated carbocycles. The smallest absolute Gasteiger partial charge is 0.329 e. The second kappa shape index (κ2) is 8.44. The van der Waals surface area contributed by atoms with Gasteiger partial charge in [0.1, 0.15) is 10.4 Å². The van der Waals surface area contributed by atoms with Crippen molar-refractivity contribution in [2.24, 2.45) is 5.92 Å². The highest BCUT2D eigenvalue weighted by atomic mass is 32.2. The molecule has 1 amide bonds. The largest absolute Gasteiger partial charge is 0.464 e. The second-order valence-electron chi connectivity index (χ2n) is 5.82. The lowest BCUT2D eigenvalue weighted by atomic mass is 10.0. The van der Waals surface area contributed by atoms with Gasteiger partial charge in [-0.25, -0.2) is 4.79 Å². The van der Waals surface area contributed by atoms with Gasteiger partial charge in [-0.3, -0.25) is 9.69 Å². The molecule has 1 aromatic carbocycles. The van der Waals surface area contributed by atoms with E-state index in [1.165, 1.54) is 16.7 Å². The van der Waals surface area contributed by atoms with Gasteiger partial charge in [0.25, 0.3) is 5.91 Å². The zero-order valence-corrected chi connectivity index (χ0v) is 15.7. The van der Waals surface area contributed by atoms with E-state index in [1.807, 2.05) is 51.1 Å². The Balaban J connectivity index is 2.26. The Labute approximate surface area is 152 Å². The molecule has 1 aromatic rings. The summed E-state index contributed by atoms with van der Waals surface area (Å²) in [7, 11) is 0. The van der Waals surface area contributed by atoms with Gasteiger partial charge in [0.15, 0.2) is 0 Å². The van der Waals surface area contributed by atoms with Crippen LogP contribution in [-0.4, -0.2) is 33.7 Å². The molecule has 0 bridgehead atoms. The molecule has 6 heteroatoms. The number of ether oxygens (including phenoxy) is 1. The Kier molecular flexibility index (Phi) is 6.57. The van der Waals surface area contributed by atoms with Crippen molar-refractivity contribution in [1.29, 1.82) is 0 Å². The molecule has 0 spiro atoms. The Morgan fingerprint density at radius 3 is 2.58 bits per heavy atom. The van der Waals surface area contributed by atoms with E-state index in [9.17, 15) is 9.59 Å². The normalized spacial score (nSPS) is 17.7. The molecule has 1 unspecified atom stereocenters. The van der Waals surface area contributed by atoms with Crippen LogP contribution in [0.1, 0.15) is 32.8 Å². The molecule has 1 heterocycles. The van der Waals surface area contributed by atoms with Crippen LogP contribution >= 0.6 is 24.0 Å². The minimum atomic E-state index is -0.689. The molecule has 1 atom stereocenters. The zero-order valence-electron chi connectivity index (χ0n) is 14.0. The monoisotopic (exact) mass is 363 g/mol. The predicted octanol–water partition coefficient (Wildman–Crippen LogP) is 3.87. The highest BCUT2D eigenvalue weighted by Gasteiger charge is 2.42. The van der Waals surface area contributed by atoms with E-state index >= 15 is 0 Å². The molecule has 2 rings (SSSR count). The third-order valence-electron chi connectivity index (χ3n) is 3.52. The fourth-order valence-corrected chi connectivity index (χ4v) is 3.71. The Bertz CT molecular complexity index is 655. The van der Waals surface area contributed by atoms with Crippen LogP contribution < -0.4 is 0 Å². The van der Waals surface area contributed by atoms with Crippen molar-refractivity contribution in [2.75, 3.05) is 6.61 Å². The Hall–Kier alpha value is -1.66. The van der Waals surface area contributed by atoms with Crippen molar-refractivity contribution in [2.45, 2.75) is 33.2 Å². The molecule has 1 saturated heterocycles. The number of thioether (sulfide) groups is 1. The van der Waals surface area contributed by atoms with Crippen molar-refractivity contribution in [1.82, 2.24) is 4.90 Å². The van der Waals surface area contributed by atoms with Gasteiger partial charge < -0.3 is 4.74 Å². The van der Waals surface area contributed by atoms with E-state index < -0.39 is 12.0 Å². The summed E-state index contributed by atoms with van der Waals surface area (Å²) in [5, 5.41) is 0. The molecule has 0 N–H and O–H groups in total. The minimum absolute atomic E-state index is 0.0899. The number of nitrogens with zero attached hydrogens (tertiary/aromatic N) is 1. The molecule has 1 aliphatic rings. The number of thiocarbonyl (C=S) groups is 1. The van der Waals surface area contributed by atoms with E-state index in [-0.39, 0.29) is 11.8 Å². The van der Waals surface area contributed by atoms with E-state index in [4.69, 9.17) is 17.0 Å².